The lowest BCUT2D eigenvalue weighted by Gasteiger charge is -2.28. The molecule has 2 unspecified atom stereocenters. The maximum absolute atomic E-state index is 13.4. The molecule has 6 heteroatoms. The molecule has 24 heavy (non-hydrogen) atoms. The number of benzene rings is 2. The van der Waals surface area contributed by atoms with E-state index in [1.54, 1.807) is 45.2 Å². The maximum atomic E-state index is 13.4. The molecule has 0 spiro atoms. The molecule has 2 aromatic carbocycles. The van der Waals surface area contributed by atoms with Crippen molar-refractivity contribution in [1.29, 1.82) is 0 Å². The van der Waals surface area contributed by atoms with Gasteiger partial charge in [0.15, 0.2) is 17.7 Å². The summed E-state index contributed by atoms with van der Waals surface area (Å²) >= 11 is 6.02. The van der Waals surface area contributed by atoms with Gasteiger partial charge in [0.2, 0.25) is 0 Å². The third-order valence-corrected chi connectivity index (χ3v) is 4.16. The SMILES string of the molecule is CC(Oc1ccccc1Cl)C(=O)N(C)C(C)c1ccc(F)c(F)c1. The zero-order chi connectivity index (χ0) is 17.9. The van der Waals surface area contributed by atoms with Crippen molar-refractivity contribution in [3.05, 3.63) is 64.7 Å². The lowest BCUT2D eigenvalue weighted by molar-refractivity contribution is -0.138. The van der Waals surface area contributed by atoms with Gasteiger partial charge in [-0.3, -0.25) is 4.79 Å². The van der Waals surface area contributed by atoms with Gasteiger partial charge in [0.1, 0.15) is 5.75 Å². The molecule has 0 heterocycles. The van der Waals surface area contributed by atoms with Crippen LogP contribution in [-0.2, 0) is 4.79 Å². The largest absolute Gasteiger partial charge is 0.479 e. The van der Waals surface area contributed by atoms with E-state index in [-0.39, 0.29) is 5.91 Å². The van der Waals surface area contributed by atoms with Crippen LogP contribution in [0.25, 0.3) is 0 Å². The van der Waals surface area contributed by atoms with E-state index < -0.39 is 23.8 Å². The Hall–Kier alpha value is -2.14. The third-order valence-electron chi connectivity index (χ3n) is 3.84. The first-order valence-corrected chi connectivity index (χ1v) is 7.82. The summed E-state index contributed by atoms with van der Waals surface area (Å²) < 4.78 is 32.0. The van der Waals surface area contributed by atoms with E-state index in [1.165, 1.54) is 11.0 Å². The number of hydrogen-bond donors (Lipinski definition) is 0. The molecule has 128 valence electrons. The van der Waals surface area contributed by atoms with Crippen LogP contribution < -0.4 is 4.74 Å². The molecule has 0 aliphatic rings. The minimum atomic E-state index is -0.944. The third kappa shape index (κ3) is 4.03. The Balaban J connectivity index is 2.10. The van der Waals surface area contributed by atoms with Crippen LogP contribution in [0.15, 0.2) is 42.5 Å². The van der Waals surface area contributed by atoms with E-state index in [9.17, 15) is 13.6 Å². The van der Waals surface area contributed by atoms with Crippen molar-refractivity contribution in [2.45, 2.75) is 26.0 Å². The van der Waals surface area contributed by atoms with Crippen LogP contribution >= 0.6 is 11.6 Å². The fraction of sp³-hybridized carbons (Fsp3) is 0.278. The minimum Gasteiger partial charge on any atom is -0.479 e. The number of ether oxygens (including phenoxy) is 1. The van der Waals surface area contributed by atoms with Gasteiger partial charge < -0.3 is 9.64 Å². The van der Waals surface area contributed by atoms with Gasteiger partial charge in [-0.25, -0.2) is 8.78 Å². The van der Waals surface area contributed by atoms with E-state index in [0.717, 1.165) is 12.1 Å². The summed E-state index contributed by atoms with van der Waals surface area (Å²) in [4.78, 5) is 13.9. The van der Waals surface area contributed by atoms with Gasteiger partial charge in [-0.2, -0.15) is 0 Å². The Bertz CT molecular complexity index is 739. The van der Waals surface area contributed by atoms with Crippen molar-refractivity contribution < 1.29 is 18.3 Å². The zero-order valence-corrected chi connectivity index (χ0v) is 14.3. The molecule has 0 aliphatic carbocycles. The molecule has 0 aromatic heterocycles. The minimum absolute atomic E-state index is 0.299. The standard InChI is InChI=1S/C18H18ClF2NO2/c1-11(13-8-9-15(20)16(21)10-13)22(3)18(23)12(2)24-17-7-5-4-6-14(17)19/h4-12H,1-3H3. The van der Waals surface area contributed by atoms with Crippen molar-refractivity contribution in [3.63, 3.8) is 0 Å². The number of nitrogens with zero attached hydrogens (tertiary/aromatic N) is 1. The van der Waals surface area contributed by atoms with Crippen LogP contribution in [0.5, 0.6) is 5.75 Å². The first kappa shape index (κ1) is 18.2. The van der Waals surface area contributed by atoms with Gasteiger partial charge in [-0.15, -0.1) is 0 Å². The molecule has 0 saturated carbocycles. The van der Waals surface area contributed by atoms with Crippen LogP contribution in [0, 0.1) is 11.6 Å². The Kier molecular flexibility index (Phi) is 5.78. The summed E-state index contributed by atoms with van der Waals surface area (Å²) in [5, 5.41) is 0.411. The van der Waals surface area contributed by atoms with Crippen molar-refractivity contribution in [1.82, 2.24) is 4.90 Å². The van der Waals surface area contributed by atoms with Gasteiger partial charge in [0.05, 0.1) is 11.1 Å². The Morgan fingerprint density at radius 2 is 1.79 bits per heavy atom. The number of carbonyl (C=O) groups excluding carboxylic acids is 1. The zero-order valence-electron chi connectivity index (χ0n) is 13.6. The van der Waals surface area contributed by atoms with E-state index in [4.69, 9.17) is 16.3 Å². The van der Waals surface area contributed by atoms with Crippen LogP contribution in [0.1, 0.15) is 25.5 Å². The van der Waals surface area contributed by atoms with E-state index in [0.29, 0.717) is 16.3 Å². The number of amides is 1. The second-order valence-electron chi connectivity index (χ2n) is 5.49. The summed E-state index contributed by atoms with van der Waals surface area (Å²) in [6.07, 6.45) is -0.775. The number of halogens is 3. The van der Waals surface area contributed by atoms with Gasteiger partial charge in [-0.1, -0.05) is 29.8 Å². The molecule has 3 nitrogen and oxygen atoms in total. The van der Waals surface area contributed by atoms with Gasteiger partial charge in [0.25, 0.3) is 5.91 Å². The van der Waals surface area contributed by atoms with Crippen LogP contribution in [0.3, 0.4) is 0 Å². The Morgan fingerprint density at radius 1 is 1.12 bits per heavy atom. The molecule has 0 radical (unpaired) electrons. The highest BCUT2D eigenvalue weighted by Gasteiger charge is 2.25. The predicted molar refractivity (Wildman–Crippen MR) is 89.1 cm³/mol. The molecule has 0 N–H and O–H groups in total. The smallest absolute Gasteiger partial charge is 0.263 e. The van der Waals surface area contributed by atoms with Gasteiger partial charge >= 0.3 is 0 Å². The number of likely N-dealkylation sites (N-methyl/N-ethyl adjacent to an activating group) is 1. The molecule has 0 saturated heterocycles. The highest BCUT2D eigenvalue weighted by molar-refractivity contribution is 6.32. The highest BCUT2D eigenvalue weighted by Crippen LogP contribution is 2.26. The molecule has 2 rings (SSSR count). The topological polar surface area (TPSA) is 29.5 Å². The fourth-order valence-electron chi connectivity index (χ4n) is 2.25. The Morgan fingerprint density at radius 3 is 2.42 bits per heavy atom. The molecular formula is C18H18ClF2NO2. The molecule has 2 atom stereocenters. The van der Waals surface area contributed by atoms with Crippen molar-refractivity contribution in [2.24, 2.45) is 0 Å². The molecule has 0 fully saturated rings. The lowest BCUT2D eigenvalue weighted by atomic mass is 10.1. The second-order valence-corrected chi connectivity index (χ2v) is 5.90. The van der Waals surface area contributed by atoms with Crippen molar-refractivity contribution in [3.8, 4) is 5.75 Å². The molecule has 1 amide bonds. The molecular weight excluding hydrogens is 336 g/mol. The molecule has 0 bridgehead atoms. The fourth-order valence-corrected chi connectivity index (χ4v) is 2.43. The molecule has 0 aliphatic heterocycles. The van der Waals surface area contributed by atoms with Crippen molar-refractivity contribution >= 4 is 17.5 Å². The highest BCUT2D eigenvalue weighted by atomic mass is 35.5. The quantitative estimate of drug-likeness (QED) is 0.786. The van der Waals surface area contributed by atoms with Gasteiger partial charge in [-0.05, 0) is 43.7 Å². The lowest BCUT2D eigenvalue weighted by Crippen LogP contribution is -2.39. The average Bonchev–Trinajstić information content (AvgIpc) is 2.57. The maximum Gasteiger partial charge on any atom is 0.263 e. The number of rotatable bonds is 5. The number of para-hydroxylation sites is 1. The predicted octanol–water partition coefficient (Wildman–Crippen LogP) is 4.61. The number of hydrogen-bond acceptors (Lipinski definition) is 2. The summed E-state index contributed by atoms with van der Waals surface area (Å²) in [7, 11) is 1.58. The van der Waals surface area contributed by atoms with E-state index >= 15 is 0 Å². The summed E-state index contributed by atoms with van der Waals surface area (Å²) in [5.41, 5.74) is 0.495. The summed E-state index contributed by atoms with van der Waals surface area (Å²) in [5.74, 6) is -1.75. The first-order valence-electron chi connectivity index (χ1n) is 7.44. The summed E-state index contributed by atoms with van der Waals surface area (Å²) in [6.45, 7) is 3.34. The van der Waals surface area contributed by atoms with Crippen molar-refractivity contribution in [2.75, 3.05) is 7.05 Å². The average molecular weight is 354 g/mol. The Labute approximate surface area is 144 Å². The first-order chi connectivity index (χ1) is 11.3. The van der Waals surface area contributed by atoms with E-state index in [1.807, 2.05) is 0 Å². The normalized spacial score (nSPS) is 13.2. The van der Waals surface area contributed by atoms with E-state index in [2.05, 4.69) is 0 Å². The second kappa shape index (κ2) is 7.62. The van der Waals surface area contributed by atoms with Gasteiger partial charge in [0, 0.05) is 7.05 Å². The monoisotopic (exact) mass is 353 g/mol. The molecule has 2 aromatic rings. The number of carbonyl (C=O) groups is 1. The van der Waals surface area contributed by atoms with Crippen LogP contribution in [-0.4, -0.2) is 24.0 Å². The van der Waals surface area contributed by atoms with Crippen LogP contribution in [0.2, 0.25) is 5.02 Å². The van der Waals surface area contributed by atoms with Crippen LogP contribution in [0.4, 0.5) is 8.78 Å². The summed E-state index contributed by atoms with van der Waals surface area (Å²) in [6, 6.07) is 10.0.